The predicted molar refractivity (Wildman–Crippen MR) is 78.6 cm³/mol. The van der Waals surface area contributed by atoms with E-state index in [-0.39, 0.29) is 5.91 Å². The van der Waals surface area contributed by atoms with Crippen molar-refractivity contribution < 1.29 is 4.79 Å². The van der Waals surface area contributed by atoms with Crippen LogP contribution in [0.25, 0.3) is 0 Å². The number of hydrogen-bond donors (Lipinski definition) is 1. The fraction of sp³-hybridized carbons (Fsp3) is 0.562. The van der Waals surface area contributed by atoms with Crippen molar-refractivity contribution in [3.05, 3.63) is 34.4 Å². The fourth-order valence-electron chi connectivity index (χ4n) is 3.03. The Bertz CT molecular complexity index is 453. The first-order valence-corrected chi connectivity index (χ1v) is 7.05. The Morgan fingerprint density at radius 2 is 1.95 bits per heavy atom. The van der Waals surface area contributed by atoms with Gasteiger partial charge in [-0.15, -0.1) is 0 Å². The molecule has 0 spiro atoms. The lowest BCUT2D eigenvalue weighted by Crippen LogP contribution is -2.39. The molecule has 104 valence electrons. The number of likely N-dealkylation sites (N-methyl/N-ethyl adjacent to an activating group) is 1. The highest BCUT2D eigenvalue weighted by molar-refractivity contribution is 5.97. The lowest BCUT2D eigenvalue weighted by atomic mass is 9.98. The molecule has 1 amide bonds. The third kappa shape index (κ3) is 3.16. The van der Waals surface area contributed by atoms with Crippen molar-refractivity contribution in [1.29, 1.82) is 0 Å². The van der Waals surface area contributed by atoms with Crippen LogP contribution in [0.3, 0.4) is 0 Å². The van der Waals surface area contributed by atoms with E-state index in [0.29, 0.717) is 6.04 Å². The number of amides is 1. The van der Waals surface area contributed by atoms with Gasteiger partial charge in [-0.3, -0.25) is 4.79 Å². The highest BCUT2D eigenvalue weighted by Crippen LogP contribution is 2.18. The van der Waals surface area contributed by atoms with Gasteiger partial charge < -0.3 is 10.2 Å². The van der Waals surface area contributed by atoms with Gasteiger partial charge in [0.25, 0.3) is 5.91 Å². The Balaban J connectivity index is 2.14. The van der Waals surface area contributed by atoms with Gasteiger partial charge in [0.1, 0.15) is 0 Å². The molecule has 0 aromatic heterocycles. The van der Waals surface area contributed by atoms with E-state index in [2.05, 4.69) is 24.4 Å². The maximum atomic E-state index is 12.6. The van der Waals surface area contributed by atoms with Crippen molar-refractivity contribution in [2.45, 2.75) is 39.7 Å². The Hall–Kier alpha value is -1.35. The van der Waals surface area contributed by atoms with Crippen LogP contribution < -0.4 is 5.32 Å². The van der Waals surface area contributed by atoms with Crippen molar-refractivity contribution in [2.24, 2.45) is 0 Å². The Labute approximate surface area is 116 Å². The van der Waals surface area contributed by atoms with E-state index in [9.17, 15) is 4.79 Å². The molecular formula is C16H24N2O. The van der Waals surface area contributed by atoms with E-state index in [1.807, 2.05) is 25.8 Å². The van der Waals surface area contributed by atoms with Crippen molar-refractivity contribution >= 4 is 5.91 Å². The minimum Gasteiger partial charge on any atom is -0.340 e. The van der Waals surface area contributed by atoms with E-state index in [1.165, 1.54) is 18.4 Å². The van der Waals surface area contributed by atoms with Gasteiger partial charge in [-0.05, 0) is 51.3 Å². The third-order valence-electron chi connectivity index (χ3n) is 3.89. The average molecular weight is 260 g/mol. The van der Waals surface area contributed by atoms with E-state index >= 15 is 0 Å². The number of benzene rings is 1. The molecule has 1 aromatic rings. The number of nitrogens with one attached hydrogen (secondary N) is 1. The second-order valence-corrected chi connectivity index (χ2v) is 5.75. The van der Waals surface area contributed by atoms with Gasteiger partial charge in [0.15, 0.2) is 0 Å². The molecule has 1 atom stereocenters. The first-order chi connectivity index (χ1) is 8.99. The van der Waals surface area contributed by atoms with Crippen LogP contribution in [0.5, 0.6) is 0 Å². The number of hydrogen-bond acceptors (Lipinski definition) is 2. The lowest BCUT2D eigenvalue weighted by molar-refractivity contribution is 0.0782. The normalized spacial score (nSPS) is 18.6. The summed E-state index contributed by atoms with van der Waals surface area (Å²) in [5, 5.41) is 3.44. The largest absolute Gasteiger partial charge is 0.340 e. The van der Waals surface area contributed by atoms with Crippen LogP contribution in [0.2, 0.25) is 0 Å². The molecule has 1 aliphatic heterocycles. The molecule has 3 nitrogen and oxygen atoms in total. The Morgan fingerprint density at radius 3 is 2.47 bits per heavy atom. The van der Waals surface area contributed by atoms with Crippen LogP contribution in [-0.2, 0) is 0 Å². The van der Waals surface area contributed by atoms with Crippen LogP contribution in [0.1, 0.15) is 39.9 Å². The molecule has 19 heavy (non-hydrogen) atoms. The molecule has 0 saturated carbocycles. The zero-order valence-electron chi connectivity index (χ0n) is 12.4. The minimum absolute atomic E-state index is 0.142. The topological polar surface area (TPSA) is 32.3 Å². The van der Waals surface area contributed by atoms with E-state index in [0.717, 1.165) is 29.8 Å². The molecule has 2 rings (SSSR count). The van der Waals surface area contributed by atoms with Crippen molar-refractivity contribution in [1.82, 2.24) is 10.2 Å². The third-order valence-corrected chi connectivity index (χ3v) is 3.89. The van der Waals surface area contributed by atoms with Crippen LogP contribution in [-0.4, -0.2) is 37.0 Å². The number of carbonyl (C=O) groups is 1. The summed E-state index contributed by atoms with van der Waals surface area (Å²) in [6, 6.07) is 4.63. The summed E-state index contributed by atoms with van der Waals surface area (Å²) < 4.78 is 0. The monoisotopic (exact) mass is 260 g/mol. The maximum Gasteiger partial charge on any atom is 0.254 e. The summed E-state index contributed by atoms with van der Waals surface area (Å²) in [4.78, 5) is 14.4. The van der Waals surface area contributed by atoms with Gasteiger partial charge in [-0.1, -0.05) is 17.7 Å². The molecule has 0 aliphatic carbocycles. The molecule has 1 aliphatic rings. The molecule has 1 unspecified atom stereocenters. The average Bonchev–Trinajstić information content (AvgIpc) is 2.80. The van der Waals surface area contributed by atoms with Crippen LogP contribution >= 0.6 is 0 Å². The fourth-order valence-corrected chi connectivity index (χ4v) is 3.03. The van der Waals surface area contributed by atoms with Gasteiger partial charge in [0.05, 0.1) is 0 Å². The van der Waals surface area contributed by atoms with Gasteiger partial charge in [0, 0.05) is 25.2 Å². The van der Waals surface area contributed by atoms with Gasteiger partial charge in [0.2, 0.25) is 0 Å². The molecular weight excluding hydrogens is 236 g/mol. The summed E-state index contributed by atoms with van der Waals surface area (Å²) in [5.74, 6) is 0.142. The summed E-state index contributed by atoms with van der Waals surface area (Å²) in [6.45, 7) is 7.99. The summed E-state index contributed by atoms with van der Waals surface area (Å²) in [7, 11) is 1.90. The molecule has 0 radical (unpaired) electrons. The Morgan fingerprint density at radius 1 is 1.32 bits per heavy atom. The van der Waals surface area contributed by atoms with Gasteiger partial charge >= 0.3 is 0 Å². The first-order valence-electron chi connectivity index (χ1n) is 7.05. The smallest absolute Gasteiger partial charge is 0.254 e. The molecule has 1 fully saturated rings. The minimum atomic E-state index is 0.142. The highest BCUT2D eigenvalue weighted by atomic mass is 16.2. The summed E-state index contributed by atoms with van der Waals surface area (Å²) in [5.41, 5.74) is 4.24. The van der Waals surface area contributed by atoms with E-state index in [1.54, 1.807) is 0 Å². The molecule has 1 heterocycles. The molecule has 3 heteroatoms. The Kier molecular flexibility index (Phi) is 4.25. The number of carbonyl (C=O) groups excluding carboxylic acids is 1. The maximum absolute atomic E-state index is 12.6. The van der Waals surface area contributed by atoms with E-state index in [4.69, 9.17) is 0 Å². The number of nitrogens with zero attached hydrogens (tertiary/aromatic N) is 1. The molecule has 1 aromatic carbocycles. The molecule has 0 bridgehead atoms. The summed E-state index contributed by atoms with van der Waals surface area (Å²) in [6.07, 6.45) is 2.39. The zero-order valence-corrected chi connectivity index (χ0v) is 12.4. The second kappa shape index (κ2) is 5.74. The second-order valence-electron chi connectivity index (χ2n) is 5.75. The standard InChI is InChI=1S/C16H24N2O/c1-11-8-12(2)15(13(3)9-11)16(19)18(4)10-14-6-5-7-17-14/h8-9,14,17H,5-7,10H2,1-4H3. The van der Waals surface area contributed by atoms with Crippen LogP contribution in [0.15, 0.2) is 12.1 Å². The van der Waals surface area contributed by atoms with Crippen LogP contribution in [0.4, 0.5) is 0 Å². The lowest BCUT2D eigenvalue weighted by Gasteiger charge is -2.23. The summed E-state index contributed by atoms with van der Waals surface area (Å²) >= 11 is 0. The molecule has 1 saturated heterocycles. The predicted octanol–water partition coefficient (Wildman–Crippen LogP) is 2.44. The zero-order chi connectivity index (χ0) is 14.0. The quantitative estimate of drug-likeness (QED) is 0.905. The van der Waals surface area contributed by atoms with Crippen molar-refractivity contribution in [2.75, 3.05) is 20.1 Å². The van der Waals surface area contributed by atoms with E-state index < -0.39 is 0 Å². The van der Waals surface area contributed by atoms with Gasteiger partial charge in [-0.25, -0.2) is 0 Å². The molecule has 1 N–H and O–H groups in total. The van der Waals surface area contributed by atoms with Crippen molar-refractivity contribution in [3.63, 3.8) is 0 Å². The van der Waals surface area contributed by atoms with Crippen molar-refractivity contribution in [3.8, 4) is 0 Å². The van der Waals surface area contributed by atoms with Gasteiger partial charge in [-0.2, -0.15) is 0 Å². The number of aryl methyl sites for hydroxylation is 3. The van der Waals surface area contributed by atoms with Crippen LogP contribution in [0, 0.1) is 20.8 Å². The first kappa shape index (κ1) is 14.1. The number of rotatable bonds is 3. The SMILES string of the molecule is Cc1cc(C)c(C(=O)N(C)CC2CCCN2)c(C)c1. The highest BCUT2D eigenvalue weighted by Gasteiger charge is 2.21.